The summed E-state index contributed by atoms with van der Waals surface area (Å²) in [5.74, 6) is -0.893. The van der Waals surface area contributed by atoms with Crippen LogP contribution < -0.4 is 4.74 Å². The van der Waals surface area contributed by atoms with Crippen LogP contribution in [0.5, 0.6) is 5.75 Å². The van der Waals surface area contributed by atoms with Crippen molar-refractivity contribution < 1.29 is 14.6 Å². The maximum absolute atomic E-state index is 10.2. The normalized spacial score (nSPS) is 12.1. The summed E-state index contributed by atoms with van der Waals surface area (Å²) < 4.78 is 4.86. The Labute approximate surface area is 131 Å². The van der Waals surface area contributed by atoms with Crippen molar-refractivity contribution in [3.05, 3.63) is 63.7 Å². The maximum atomic E-state index is 10.2. The van der Waals surface area contributed by atoms with Gasteiger partial charge in [0.2, 0.25) is 0 Å². The van der Waals surface area contributed by atoms with E-state index in [1.54, 1.807) is 0 Å². The molecule has 1 aliphatic rings. The highest BCUT2D eigenvalue weighted by Crippen LogP contribution is 2.33. The fourth-order valence-corrected chi connectivity index (χ4v) is 1.76. The molecule has 0 saturated heterocycles. The van der Waals surface area contributed by atoms with Crippen LogP contribution in [0.2, 0.25) is 15.1 Å². The molecule has 1 aliphatic carbocycles. The van der Waals surface area contributed by atoms with Crippen molar-refractivity contribution in [1.29, 1.82) is 0 Å². The summed E-state index contributed by atoms with van der Waals surface area (Å²) in [4.78, 5) is 10.2. The molecule has 0 atom stereocenters. The van der Waals surface area contributed by atoms with Gasteiger partial charge < -0.3 is 9.84 Å². The molecule has 20 heavy (non-hydrogen) atoms. The molecule has 0 bridgehead atoms. The van der Waals surface area contributed by atoms with Gasteiger partial charge in [-0.2, -0.15) is 0 Å². The summed E-state index contributed by atoms with van der Waals surface area (Å²) in [6, 6.07) is 2.76. The van der Waals surface area contributed by atoms with E-state index in [9.17, 15) is 4.79 Å². The molecule has 0 aromatic heterocycles. The SMILES string of the molecule is C=C1C=CC=C1.O=C(O)COc1cc(Cl)c(Cl)cc1Cl. The van der Waals surface area contributed by atoms with E-state index in [1.807, 2.05) is 24.3 Å². The molecule has 0 unspecified atom stereocenters. The van der Waals surface area contributed by atoms with Gasteiger partial charge in [0.05, 0.1) is 15.1 Å². The highest BCUT2D eigenvalue weighted by atomic mass is 35.5. The van der Waals surface area contributed by atoms with E-state index in [1.165, 1.54) is 12.1 Å². The second-order valence-electron chi connectivity index (χ2n) is 3.67. The Morgan fingerprint density at radius 3 is 2.10 bits per heavy atom. The number of allylic oxidation sites excluding steroid dienone is 5. The highest BCUT2D eigenvalue weighted by molar-refractivity contribution is 6.43. The number of aliphatic carboxylic acids is 1. The molecular weight excluding hydrogens is 323 g/mol. The first-order valence-corrected chi connectivity index (χ1v) is 6.56. The van der Waals surface area contributed by atoms with E-state index < -0.39 is 12.6 Å². The van der Waals surface area contributed by atoms with Crippen LogP contribution in [-0.4, -0.2) is 17.7 Å². The Balaban J connectivity index is 0.000000276. The summed E-state index contributed by atoms with van der Waals surface area (Å²) in [6.07, 6.45) is 7.89. The maximum Gasteiger partial charge on any atom is 0.341 e. The molecule has 106 valence electrons. The quantitative estimate of drug-likeness (QED) is 0.810. The van der Waals surface area contributed by atoms with Crippen molar-refractivity contribution in [2.75, 3.05) is 6.61 Å². The van der Waals surface area contributed by atoms with Gasteiger partial charge in [-0.05, 0) is 11.6 Å². The van der Waals surface area contributed by atoms with Crippen molar-refractivity contribution in [2.24, 2.45) is 0 Å². The summed E-state index contributed by atoms with van der Waals surface area (Å²) >= 11 is 17.1. The molecule has 0 radical (unpaired) electrons. The highest BCUT2D eigenvalue weighted by Gasteiger charge is 2.08. The van der Waals surface area contributed by atoms with E-state index in [2.05, 4.69) is 6.58 Å². The summed E-state index contributed by atoms with van der Waals surface area (Å²) in [7, 11) is 0. The van der Waals surface area contributed by atoms with E-state index >= 15 is 0 Å². The average molecular weight is 334 g/mol. The lowest BCUT2D eigenvalue weighted by atomic mass is 10.3. The number of rotatable bonds is 3. The molecule has 0 amide bonds. The lowest BCUT2D eigenvalue weighted by Crippen LogP contribution is -2.09. The van der Waals surface area contributed by atoms with Crippen LogP contribution in [0.3, 0.4) is 0 Å². The zero-order valence-corrected chi connectivity index (χ0v) is 12.5. The molecule has 1 N–H and O–H groups in total. The van der Waals surface area contributed by atoms with Gasteiger partial charge >= 0.3 is 5.97 Å². The number of carboxylic acids is 1. The van der Waals surface area contributed by atoms with Crippen LogP contribution in [0, 0.1) is 0 Å². The van der Waals surface area contributed by atoms with Crippen LogP contribution in [0.4, 0.5) is 0 Å². The van der Waals surface area contributed by atoms with Gasteiger partial charge in [0.25, 0.3) is 0 Å². The molecule has 0 spiro atoms. The minimum absolute atomic E-state index is 0.198. The van der Waals surface area contributed by atoms with Gasteiger partial charge in [-0.25, -0.2) is 4.79 Å². The molecule has 0 fully saturated rings. The van der Waals surface area contributed by atoms with Gasteiger partial charge in [-0.1, -0.05) is 65.7 Å². The number of halogens is 3. The Kier molecular flexibility index (Phi) is 6.65. The predicted octanol–water partition coefficient (Wildman–Crippen LogP) is 4.78. The van der Waals surface area contributed by atoms with Gasteiger partial charge in [-0.3, -0.25) is 0 Å². The number of carbonyl (C=O) groups is 1. The van der Waals surface area contributed by atoms with Gasteiger partial charge in [0.15, 0.2) is 6.61 Å². The van der Waals surface area contributed by atoms with Crippen LogP contribution in [0.15, 0.2) is 48.6 Å². The lowest BCUT2D eigenvalue weighted by Gasteiger charge is -2.06. The molecular formula is C14H11Cl3O3. The first-order chi connectivity index (χ1) is 9.40. The second kappa shape index (κ2) is 8.00. The summed E-state index contributed by atoms with van der Waals surface area (Å²) in [5.41, 5.74) is 1.09. The largest absolute Gasteiger partial charge is 0.480 e. The monoisotopic (exact) mass is 332 g/mol. The molecule has 0 heterocycles. The predicted molar refractivity (Wildman–Crippen MR) is 82.0 cm³/mol. The second-order valence-corrected chi connectivity index (χ2v) is 4.89. The Morgan fingerprint density at radius 2 is 1.65 bits per heavy atom. The van der Waals surface area contributed by atoms with Crippen LogP contribution in [0.25, 0.3) is 0 Å². The van der Waals surface area contributed by atoms with Gasteiger partial charge in [-0.15, -0.1) is 0 Å². The Hall–Kier alpha value is -1.42. The summed E-state index contributed by atoms with van der Waals surface area (Å²) in [5, 5.41) is 9.14. The number of carboxylic acid groups (broad SMARTS) is 1. The van der Waals surface area contributed by atoms with Gasteiger partial charge in [0, 0.05) is 6.07 Å². The van der Waals surface area contributed by atoms with E-state index in [-0.39, 0.29) is 15.8 Å². The van der Waals surface area contributed by atoms with Crippen molar-refractivity contribution in [3.63, 3.8) is 0 Å². The number of hydrogen-bond donors (Lipinski definition) is 1. The Bertz CT molecular complexity index is 563. The number of ether oxygens (including phenoxy) is 1. The van der Waals surface area contributed by atoms with Crippen molar-refractivity contribution >= 4 is 40.8 Å². The number of benzene rings is 1. The molecule has 1 aromatic rings. The summed E-state index contributed by atoms with van der Waals surface area (Å²) in [6.45, 7) is 3.21. The third-order valence-corrected chi connectivity index (χ3v) is 3.08. The smallest absolute Gasteiger partial charge is 0.341 e. The third-order valence-electron chi connectivity index (χ3n) is 2.06. The molecule has 0 aliphatic heterocycles. The molecule has 2 rings (SSSR count). The van der Waals surface area contributed by atoms with E-state index in [0.717, 1.165) is 5.57 Å². The number of hydrogen-bond acceptors (Lipinski definition) is 2. The standard InChI is InChI=1S/C8H5Cl3O3.C6H6/c9-4-1-6(11)7(2-5(4)10)14-3-8(12)13;1-6-4-2-3-5-6/h1-2H,3H2,(H,12,13);2-5H,1H2. The van der Waals surface area contributed by atoms with Crippen molar-refractivity contribution in [1.82, 2.24) is 0 Å². The molecule has 0 saturated carbocycles. The minimum atomic E-state index is -1.09. The molecule has 1 aromatic carbocycles. The van der Waals surface area contributed by atoms with E-state index in [0.29, 0.717) is 5.02 Å². The van der Waals surface area contributed by atoms with Crippen LogP contribution >= 0.6 is 34.8 Å². The fraction of sp³-hybridized carbons (Fsp3) is 0.0714. The van der Waals surface area contributed by atoms with Crippen LogP contribution in [0.1, 0.15) is 0 Å². The first-order valence-electron chi connectivity index (χ1n) is 5.43. The zero-order valence-electron chi connectivity index (χ0n) is 10.3. The van der Waals surface area contributed by atoms with Crippen molar-refractivity contribution in [2.45, 2.75) is 0 Å². The Morgan fingerprint density at radius 1 is 1.10 bits per heavy atom. The molecule has 6 heteroatoms. The molecule has 3 nitrogen and oxygen atoms in total. The topological polar surface area (TPSA) is 46.5 Å². The lowest BCUT2D eigenvalue weighted by molar-refractivity contribution is -0.139. The first kappa shape index (κ1) is 16.6. The average Bonchev–Trinajstić information content (AvgIpc) is 2.84. The van der Waals surface area contributed by atoms with Crippen LogP contribution in [-0.2, 0) is 4.79 Å². The van der Waals surface area contributed by atoms with Crippen molar-refractivity contribution in [3.8, 4) is 5.75 Å². The fourth-order valence-electron chi connectivity index (χ4n) is 1.17. The van der Waals surface area contributed by atoms with Gasteiger partial charge in [0.1, 0.15) is 5.75 Å². The minimum Gasteiger partial charge on any atom is -0.480 e. The van der Waals surface area contributed by atoms with E-state index in [4.69, 9.17) is 44.6 Å². The third kappa shape index (κ3) is 5.70. The zero-order chi connectivity index (χ0) is 15.1.